The molecule has 0 fully saturated rings. The van der Waals surface area contributed by atoms with E-state index in [1.165, 1.54) is 12.1 Å². The molecule has 0 unspecified atom stereocenters. The molecular weight excluding hydrogens is 275 g/mol. The molecule has 0 spiro atoms. The van der Waals surface area contributed by atoms with Crippen molar-refractivity contribution in [2.75, 3.05) is 18.4 Å². The van der Waals surface area contributed by atoms with Gasteiger partial charge >= 0.3 is 0 Å². The third-order valence-electron chi connectivity index (χ3n) is 1.91. The highest BCUT2D eigenvalue weighted by Crippen LogP contribution is 2.22. The van der Waals surface area contributed by atoms with E-state index in [4.69, 9.17) is 0 Å². The Morgan fingerprint density at radius 2 is 2.25 bits per heavy atom. The van der Waals surface area contributed by atoms with E-state index < -0.39 is 0 Å². The monoisotopic (exact) mass is 288 g/mol. The van der Waals surface area contributed by atoms with Crippen molar-refractivity contribution in [1.82, 2.24) is 5.32 Å². The lowest BCUT2D eigenvalue weighted by molar-refractivity contribution is -0.115. The number of halogens is 2. The van der Waals surface area contributed by atoms with Gasteiger partial charge in [-0.15, -0.1) is 0 Å². The molecule has 3 nitrogen and oxygen atoms in total. The first-order chi connectivity index (χ1) is 7.63. The lowest BCUT2D eigenvalue weighted by Gasteiger charge is -2.07. The fourth-order valence-corrected chi connectivity index (χ4v) is 1.51. The maximum absolute atomic E-state index is 12.9. The minimum atomic E-state index is -0.375. The molecule has 0 heterocycles. The maximum Gasteiger partial charge on any atom is 0.238 e. The molecule has 2 N–H and O–H groups in total. The van der Waals surface area contributed by atoms with Gasteiger partial charge < -0.3 is 10.6 Å². The van der Waals surface area contributed by atoms with Gasteiger partial charge in [-0.3, -0.25) is 4.79 Å². The second kappa shape index (κ2) is 6.60. The van der Waals surface area contributed by atoms with Crippen LogP contribution in [0.1, 0.15) is 13.3 Å². The number of rotatable bonds is 5. The lowest BCUT2D eigenvalue weighted by atomic mass is 10.3. The molecule has 0 aliphatic rings. The van der Waals surface area contributed by atoms with Crippen LogP contribution >= 0.6 is 15.9 Å². The summed E-state index contributed by atoms with van der Waals surface area (Å²) in [6, 6.07) is 4.17. The summed E-state index contributed by atoms with van der Waals surface area (Å²) in [6.45, 7) is 3.04. The van der Waals surface area contributed by atoms with Crippen molar-refractivity contribution in [2.45, 2.75) is 13.3 Å². The zero-order valence-corrected chi connectivity index (χ0v) is 10.6. The molecule has 88 valence electrons. The van der Waals surface area contributed by atoms with Crippen LogP contribution in [0.25, 0.3) is 0 Å². The first-order valence-corrected chi connectivity index (χ1v) is 5.88. The van der Waals surface area contributed by atoms with Gasteiger partial charge in [-0.2, -0.15) is 0 Å². The van der Waals surface area contributed by atoms with Gasteiger partial charge in [0.05, 0.1) is 12.2 Å². The minimum Gasteiger partial charge on any atom is -0.324 e. The summed E-state index contributed by atoms with van der Waals surface area (Å²) >= 11 is 3.24. The van der Waals surface area contributed by atoms with Crippen LogP contribution in [0.4, 0.5) is 10.1 Å². The average Bonchev–Trinajstić information content (AvgIpc) is 2.24. The van der Waals surface area contributed by atoms with E-state index in [0.29, 0.717) is 10.2 Å². The summed E-state index contributed by atoms with van der Waals surface area (Å²) in [5.41, 5.74) is 0.447. The number of carbonyl (C=O) groups is 1. The van der Waals surface area contributed by atoms with Crippen LogP contribution < -0.4 is 10.6 Å². The highest BCUT2D eigenvalue weighted by atomic mass is 79.9. The zero-order chi connectivity index (χ0) is 12.0. The van der Waals surface area contributed by atoms with Crippen molar-refractivity contribution in [3.8, 4) is 0 Å². The van der Waals surface area contributed by atoms with Gasteiger partial charge in [0.25, 0.3) is 0 Å². The normalized spacial score (nSPS) is 10.2. The molecule has 1 aromatic rings. The van der Waals surface area contributed by atoms with Crippen molar-refractivity contribution in [3.05, 3.63) is 28.5 Å². The number of carbonyl (C=O) groups excluding carboxylic acids is 1. The van der Waals surface area contributed by atoms with Crippen LogP contribution in [0.5, 0.6) is 0 Å². The Morgan fingerprint density at radius 3 is 2.94 bits per heavy atom. The van der Waals surface area contributed by atoms with Crippen molar-refractivity contribution in [1.29, 1.82) is 0 Å². The minimum absolute atomic E-state index is 0.181. The maximum atomic E-state index is 12.9. The van der Waals surface area contributed by atoms with Gasteiger partial charge in [0.2, 0.25) is 5.91 Å². The van der Waals surface area contributed by atoms with Gasteiger partial charge in [0.15, 0.2) is 0 Å². The molecule has 0 saturated carbocycles. The summed E-state index contributed by atoms with van der Waals surface area (Å²) in [5, 5.41) is 5.59. The van der Waals surface area contributed by atoms with Crippen LogP contribution in [0.3, 0.4) is 0 Å². The number of hydrogen-bond acceptors (Lipinski definition) is 2. The Balaban J connectivity index is 2.52. The average molecular weight is 289 g/mol. The van der Waals surface area contributed by atoms with Crippen molar-refractivity contribution < 1.29 is 9.18 Å². The summed E-state index contributed by atoms with van der Waals surface area (Å²) in [7, 11) is 0. The fraction of sp³-hybridized carbons (Fsp3) is 0.364. The largest absolute Gasteiger partial charge is 0.324 e. The van der Waals surface area contributed by atoms with Crippen molar-refractivity contribution >= 4 is 27.5 Å². The predicted octanol–water partition coefficient (Wildman–Crippen LogP) is 2.53. The van der Waals surface area contributed by atoms with Crippen LogP contribution in [-0.2, 0) is 4.79 Å². The first-order valence-electron chi connectivity index (χ1n) is 5.09. The topological polar surface area (TPSA) is 41.1 Å². The first kappa shape index (κ1) is 13.1. The molecule has 0 aromatic heterocycles. The van der Waals surface area contributed by atoms with E-state index in [9.17, 15) is 9.18 Å². The highest BCUT2D eigenvalue weighted by molar-refractivity contribution is 9.10. The second-order valence-electron chi connectivity index (χ2n) is 3.35. The van der Waals surface area contributed by atoms with Gasteiger partial charge in [-0.05, 0) is 47.1 Å². The predicted molar refractivity (Wildman–Crippen MR) is 65.9 cm³/mol. The van der Waals surface area contributed by atoms with Crippen LogP contribution in [0, 0.1) is 5.82 Å². The Labute approximate surface area is 103 Å². The van der Waals surface area contributed by atoms with Gasteiger partial charge in [0.1, 0.15) is 5.82 Å². The standard InChI is InChI=1S/C11H14BrFN2O/c1-2-5-14-7-11(16)15-10-6-8(13)3-4-9(10)12/h3-4,6,14H,2,5,7H2,1H3,(H,15,16). The molecule has 0 bridgehead atoms. The van der Waals surface area contributed by atoms with Gasteiger partial charge in [-0.1, -0.05) is 6.92 Å². The Hall–Kier alpha value is -0.940. The van der Waals surface area contributed by atoms with E-state index in [1.54, 1.807) is 6.07 Å². The highest BCUT2D eigenvalue weighted by Gasteiger charge is 2.05. The van der Waals surface area contributed by atoms with E-state index >= 15 is 0 Å². The van der Waals surface area contributed by atoms with E-state index in [0.717, 1.165) is 13.0 Å². The molecule has 5 heteroatoms. The molecule has 1 rings (SSSR count). The molecule has 1 aromatic carbocycles. The molecule has 16 heavy (non-hydrogen) atoms. The molecule has 0 atom stereocenters. The van der Waals surface area contributed by atoms with Crippen LogP contribution in [0.15, 0.2) is 22.7 Å². The van der Waals surface area contributed by atoms with Gasteiger partial charge in [0, 0.05) is 4.47 Å². The van der Waals surface area contributed by atoms with Crippen molar-refractivity contribution in [2.24, 2.45) is 0 Å². The smallest absolute Gasteiger partial charge is 0.238 e. The van der Waals surface area contributed by atoms with Gasteiger partial charge in [-0.25, -0.2) is 4.39 Å². The SMILES string of the molecule is CCCNCC(=O)Nc1cc(F)ccc1Br. The molecule has 1 amide bonds. The van der Waals surface area contributed by atoms with Crippen LogP contribution in [0.2, 0.25) is 0 Å². The summed E-state index contributed by atoms with van der Waals surface area (Å²) in [5.74, 6) is -0.556. The van der Waals surface area contributed by atoms with E-state index in [1.807, 2.05) is 6.92 Å². The fourth-order valence-electron chi connectivity index (χ4n) is 1.17. The van der Waals surface area contributed by atoms with E-state index in [2.05, 4.69) is 26.6 Å². The van der Waals surface area contributed by atoms with E-state index in [-0.39, 0.29) is 18.3 Å². The number of anilines is 1. The number of nitrogens with one attached hydrogen (secondary N) is 2. The Bertz CT molecular complexity index is 371. The Morgan fingerprint density at radius 1 is 1.50 bits per heavy atom. The molecule has 0 saturated heterocycles. The summed E-state index contributed by atoms with van der Waals surface area (Å²) < 4.78 is 13.6. The number of benzene rings is 1. The summed E-state index contributed by atoms with van der Waals surface area (Å²) in [4.78, 5) is 11.4. The zero-order valence-electron chi connectivity index (χ0n) is 9.02. The lowest BCUT2D eigenvalue weighted by Crippen LogP contribution is -2.28. The number of amides is 1. The molecule has 0 aliphatic carbocycles. The molecular formula is C11H14BrFN2O. The quantitative estimate of drug-likeness (QED) is 0.818. The second-order valence-corrected chi connectivity index (χ2v) is 4.20. The van der Waals surface area contributed by atoms with Crippen LogP contribution in [-0.4, -0.2) is 19.0 Å². The van der Waals surface area contributed by atoms with Crippen molar-refractivity contribution in [3.63, 3.8) is 0 Å². The number of hydrogen-bond donors (Lipinski definition) is 2. The molecule has 0 aliphatic heterocycles. The molecule has 0 radical (unpaired) electrons. The summed E-state index contributed by atoms with van der Waals surface area (Å²) in [6.07, 6.45) is 0.969. The third-order valence-corrected chi connectivity index (χ3v) is 2.61. The third kappa shape index (κ3) is 4.28. The Kier molecular flexibility index (Phi) is 5.42.